The van der Waals surface area contributed by atoms with Crippen LogP contribution in [0.15, 0.2) is 390 Å². The Bertz CT molecular complexity index is 11800. The van der Waals surface area contributed by atoms with Crippen LogP contribution in [0.3, 0.4) is 0 Å². The standard InChI is InChI=1S/6C20H13N3O/c1-22-16-11-19-13(12-6-2-5-9-18(12)24-19)10-17(16)23-15-8-4-3-7-14(15)21-20(22)23;1-22-16-10-13-12-6-2-5-9-18(12)24-19(13)11-17(16)23-15-8-4-3-7-14(15)21-20(22)23;1-22-18-16(23-15-8-4-3-7-14(15)21-20(22)23)11-10-13-12-6-2-5-9-17(12)24-19(13)18;1-22-16-11-10-13-12-6-2-5-9-17(12)24-19(13)18(16)23-15-8-4-3-7-14(15)21-20(22)23;1-22-19-15(23-14-8-4-3-7-13(14)21-20(22)23)10-11-17-18(19)12-6-2-5-9-16(12)24-17;1-22-15-10-11-17-18(12-6-2-5-9-16(12)24-17)19(15)23-14-8-4-3-7-13(14)21-20(22)23/h6*2-11H,1H3. The molecular formula is C120H78N18O6. The molecule has 684 valence electrons. The largest absolute Gasteiger partial charge is 0.456 e. The maximum absolute atomic E-state index is 6.24. The lowest BCUT2D eigenvalue weighted by atomic mass is 10.1. The fraction of sp³-hybridized carbons (Fsp3) is 0.0500. The van der Waals surface area contributed by atoms with Gasteiger partial charge in [-0.15, -0.1) is 0 Å². The van der Waals surface area contributed by atoms with Crippen LogP contribution < -0.4 is 0 Å². The minimum absolute atomic E-state index is 0.911. The third-order valence-corrected chi connectivity index (χ3v) is 29.5. The van der Waals surface area contributed by atoms with Gasteiger partial charge in [0.15, 0.2) is 11.2 Å². The van der Waals surface area contributed by atoms with Gasteiger partial charge in [0.25, 0.3) is 0 Å². The molecule has 0 unspecified atom stereocenters. The second-order valence-electron chi connectivity index (χ2n) is 37.3. The third-order valence-electron chi connectivity index (χ3n) is 29.5. The van der Waals surface area contributed by atoms with Gasteiger partial charge < -0.3 is 53.9 Å². The van der Waals surface area contributed by atoms with Crippen molar-refractivity contribution in [2.24, 2.45) is 42.3 Å². The van der Waals surface area contributed by atoms with Crippen LogP contribution in [-0.4, -0.2) is 83.7 Å². The Kier molecular flexibility index (Phi) is 16.3. The average molecular weight is 1870 g/mol. The molecule has 18 heterocycles. The second-order valence-corrected chi connectivity index (χ2v) is 37.3. The molecule has 0 aliphatic rings. The minimum Gasteiger partial charge on any atom is -0.456 e. The molecule has 0 radical (unpaired) electrons. The molecular weight excluding hydrogens is 1790 g/mol. The summed E-state index contributed by atoms with van der Waals surface area (Å²) in [5.41, 5.74) is 37.4. The number of benzene rings is 18. The van der Waals surface area contributed by atoms with Crippen molar-refractivity contribution in [1.82, 2.24) is 83.7 Å². The van der Waals surface area contributed by atoms with Crippen LogP contribution in [0.2, 0.25) is 0 Å². The number of aromatic nitrogens is 18. The molecule has 0 aliphatic carbocycles. The average Bonchev–Trinajstić information content (AvgIpc) is 1.56. The van der Waals surface area contributed by atoms with Crippen LogP contribution in [0.25, 0.3) is 299 Å². The monoisotopic (exact) mass is 1870 g/mol. The molecule has 36 aromatic rings. The number of rotatable bonds is 0. The number of aryl methyl sites for hydroxylation is 6. The zero-order valence-corrected chi connectivity index (χ0v) is 78.1. The molecule has 0 saturated carbocycles. The Morgan fingerprint density at radius 2 is 0.410 bits per heavy atom. The molecule has 144 heavy (non-hydrogen) atoms. The number of fused-ring (bicyclic) bond motifs is 52. The van der Waals surface area contributed by atoms with Crippen LogP contribution >= 0.6 is 0 Å². The molecule has 0 bridgehead atoms. The van der Waals surface area contributed by atoms with E-state index in [-0.39, 0.29) is 0 Å². The Morgan fingerprint density at radius 3 is 0.847 bits per heavy atom. The topological polar surface area (TPSA) is 212 Å². The summed E-state index contributed by atoms with van der Waals surface area (Å²) in [6, 6.07) is 124. The Hall–Kier alpha value is -19.6. The van der Waals surface area contributed by atoms with Gasteiger partial charge in [-0.3, -0.25) is 26.4 Å². The van der Waals surface area contributed by atoms with Crippen molar-refractivity contribution in [2.45, 2.75) is 0 Å². The normalized spacial score (nSPS) is 12.4. The molecule has 0 atom stereocenters. The molecule has 0 fully saturated rings. The van der Waals surface area contributed by atoms with Crippen molar-refractivity contribution < 1.29 is 26.5 Å². The lowest BCUT2D eigenvalue weighted by Gasteiger charge is -1.98. The first-order valence-electron chi connectivity index (χ1n) is 47.9. The van der Waals surface area contributed by atoms with E-state index in [9.17, 15) is 0 Å². The van der Waals surface area contributed by atoms with E-state index in [2.05, 4.69) is 314 Å². The Labute approximate surface area is 810 Å². The molecule has 0 N–H and O–H groups in total. The van der Waals surface area contributed by atoms with Crippen molar-refractivity contribution in [3.8, 4) is 0 Å². The summed E-state index contributed by atoms with van der Waals surface area (Å²) in [5.74, 6) is 5.65. The van der Waals surface area contributed by atoms with Gasteiger partial charge in [0.1, 0.15) is 66.9 Å². The first-order chi connectivity index (χ1) is 70.9. The molecule has 0 spiro atoms. The lowest BCUT2D eigenvalue weighted by Crippen LogP contribution is -1.88. The van der Waals surface area contributed by atoms with Gasteiger partial charge in [-0.25, -0.2) is 29.9 Å². The molecule has 24 nitrogen and oxygen atoms in total. The number of hydrogen-bond acceptors (Lipinski definition) is 12. The zero-order chi connectivity index (χ0) is 95.0. The number of nitrogens with zero attached hydrogens (tertiary/aromatic N) is 18. The van der Waals surface area contributed by atoms with E-state index in [0.717, 1.165) is 299 Å². The van der Waals surface area contributed by atoms with E-state index < -0.39 is 0 Å². The van der Waals surface area contributed by atoms with E-state index >= 15 is 0 Å². The highest BCUT2D eigenvalue weighted by Crippen LogP contribution is 2.45. The van der Waals surface area contributed by atoms with Crippen LogP contribution in [0.5, 0.6) is 0 Å². The molecule has 0 amide bonds. The lowest BCUT2D eigenvalue weighted by molar-refractivity contribution is 0.668. The number of para-hydroxylation sites is 18. The highest BCUT2D eigenvalue weighted by Gasteiger charge is 2.28. The van der Waals surface area contributed by atoms with Crippen molar-refractivity contribution in [3.63, 3.8) is 0 Å². The van der Waals surface area contributed by atoms with Gasteiger partial charge in [0.2, 0.25) is 34.7 Å². The van der Waals surface area contributed by atoms with Crippen molar-refractivity contribution in [3.05, 3.63) is 364 Å². The third kappa shape index (κ3) is 11.0. The highest BCUT2D eigenvalue weighted by atomic mass is 16.4. The van der Waals surface area contributed by atoms with Crippen molar-refractivity contribution >= 4 is 299 Å². The summed E-state index contributed by atoms with van der Waals surface area (Å²) in [5, 5.41) is 13.8. The molecule has 0 aliphatic heterocycles. The van der Waals surface area contributed by atoms with Crippen LogP contribution in [0.1, 0.15) is 0 Å². The van der Waals surface area contributed by atoms with Gasteiger partial charge in [0.05, 0.1) is 132 Å². The van der Waals surface area contributed by atoms with Crippen molar-refractivity contribution in [2.75, 3.05) is 0 Å². The molecule has 24 heteroatoms. The highest BCUT2D eigenvalue weighted by molar-refractivity contribution is 6.22. The number of hydrogen-bond donors (Lipinski definition) is 0. The Balaban J connectivity index is 0.0000000788. The quantitative estimate of drug-likeness (QED) is 0.139. The molecule has 18 aromatic heterocycles. The summed E-state index contributed by atoms with van der Waals surface area (Å²) in [7, 11) is 12.4. The van der Waals surface area contributed by atoms with Gasteiger partial charge in [-0.2, -0.15) is 0 Å². The summed E-state index contributed by atoms with van der Waals surface area (Å²) < 4.78 is 62.8. The van der Waals surface area contributed by atoms with E-state index in [4.69, 9.17) is 56.4 Å². The van der Waals surface area contributed by atoms with Gasteiger partial charge >= 0.3 is 0 Å². The summed E-state index contributed by atoms with van der Waals surface area (Å²) in [6.45, 7) is 0. The minimum atomic E-state index is 0.911. The number of furan rings is 6. The van der Waals surface area contributed by atoms with Crippen LogP contribution in [0, 0.1) is 0 Å². The van der Waals surface area contributed by atoms with Crippen LogP contribution in [0.4, 0.5) is 0 Å². The predicted octanol–water partition coefficient (Wildman–Crippen LogP) is 29.3. The maximum atomic E-state index is 6.24. The van der Waals surface area contributed by atoms with Gasteiger partial charge in [-0.1, -0.05) is 182 Å². The summed E-state index contributed by atoms with van der Waals surface area (Å²) in [6.07, 6.45) is 0. The summed E-state index contributed by atoms with van der Waals surface area (Å²) >= 11 is 0. The second kappa shape index (κ2) is 29.5. The van der Waals surface area contributed by atoms with Crippen LogP contribution in [-0.2, 0) is 42.3 Å². The molecule has 36 rings (SSSR count). The van der Waals surface area contributed by atoms with E-state index in [1.54, 1.807) is 0 Å². The molecule has 0 saturated heterocycles. The fourth-order valence-corrected chi connectivity index (χ4v) is 23.0. The first-order valence-corrected chi connectivity index (χ1v) is 47.9. The first kappa shape index (κ1) is 79.4. The van der Waals surface area contributed by atoms with E-state index in [1.165, 1.54) is 0 Å². The molecule has 18 aromatic carbocycles. The fourth-order valence-electron chi connectivity index (χ4n) is 23.0. The van der Waals surface area contributed by atoms with Gasteiger partial charge in [-0.05, 0) is 170 Å². The SMILES string of the molecule is Cn1c2c3c(ccc2n2c4ccccc4nc12)oc1ccccc13.Cn1c2c3oc4ccccc4c3ccc2n2c3ccccc3nc12.Cn1c2cc3c(cc2n2c4ccccc4nc12)oc1ccccc13.Cn1c2cc3oc4ccccc4c3cc2n2c3ccccc3nc12.Cn1c2ccc3c4ccccc4oc3c2n2c3ccccc3nc12.Cn1c2ccc3oc4ccccc4c3c2n2c3ccccc3nc12. The Morgan fingerprint density at radius 1 is 0.153 bits per heavy atom. The summed E-state index contributed by atoms with van der Waals surface area (Å²) in [4.78, 5) is 28.8. The van der Waals surface area contributed by atoms with Gasteiger partial charge in [0, 0.05) is 108 Å². The smallest absolute Gasteiger partial charge is 0.215 e. The number of imidazole rings is 12. The van der Waals surface area contributed by atoms with E-state index in [0.29, 0.717) is 0 Å². The predicted molar refractivity (Wildman–Crippen MR) is 579 cm³/mol. The van der Waals surface area contributed by atoms with E-state index in [1.807, 2.05) is 146 Å². The van der Waals surface area contributed by atoms with Crippen molar-refractivity contribution in [1.29, 1.82) is 0 Å². The maximum Gasteiger partial charge on any atom is 0.215 e. The zero-order valence-electron chi connectivity index (χ0n) is 78.1.